The van der Waals surface area contributed by atoms with Crippen LogP contribution < -0.4 is 16.4 Å². The molecule has 10 heteroatoms. The number of carbonyl (C=O) groups is 4. The van der Waals surface area contributed by atoms with Crippen LogP contribution >= 0.6 is 11.8 Å². The van der Waals surface area contributed by atoms with Gasteiger partial charge in [-0.15, -0.1) is 11.8 Å². The zero-order valence-electron chi connectivity index (χ0n) is 29.5. The maximum Gasteiger partial charge on any atom is 0.323 e. The van der Waals surface area contributed by atoms with E-state index in [1.807, 2.05) is 54.6 Å². The highest BCUT2D eigenvalue weighted by Crippen LogP contribution is 2.48. The van der Waals surface area contributed by atoms with Crippen molar-refractivity contribution < 1.29 is 28.7 Å². The summed E-state index contributed by atoms with van der Waals surface area (Å²) >= 11 is 1.70. The third kappa shape index (κ3) is 12.7. The van der Waals surface area contributed by atoms with E-state index in [4.69, 9.17) is 15.2 Å². The van der Waals surface area contributed by atoms with Gasteiger partial charge in [-0.25, -0.2) is 0 Å². The minimum atomic E-state index is -0.995. The lowest BCUT2D eigenvalue weighted by Gasteiger charge is -2.35. The van der Waals surface area contributed by atoms with E-state index >= 15 is 0 Å². The van der Waals surface area contributed by atoms with Crippen molar-refractivity contribution in [1.82, 2.24) is 10.6 Å². The number of carbonyl (C=O) groups excluding carboxylic acids is 4. The normalized spacial score (nSPS) is 13.1. The number of benzene rings is 3. The smallest absolute Gasteiger partial charge is 0.323 e. The molecule has 264 valence electrons. The fourth-order valence-corrected chi connectivity index (χ4v) is 6.66. The van der Waals surface area contributed by atoms with Crippen LogP contribution in [0.25, 0.3) is 0 Å². The predicted molar refractivity (Wildman–Crippen MR) is 195 cm³/mol. The Labute approximate surface area is 295 Å². The molecule has 0 aliphatic heterocycles. The van der Waals surface area contributed by atoms with Gasteiger partial charge in [0.2, 0.25) is 11.8 Å². The van der Waals surface area contributed by atoms with Crippen LogP contribution in [0.5, 0.6) is 0 Å². The summed E-state index contributed by atoms with van der Waals surface area (Å²) in [6.07, 6.45) is -0.0841. The van der Waals surface area contributed by atoms with Gasteiger partial charge in [-0.05, 0) is 71.1 Å². The summed E-state index contributed by atoms with van der Waals surface area (Å²) in [7, 11) is 0. The lowest BCUT2D eigenvalue weighted by Crippen LogP contribution is -2.48. The number of thioether (sulfide) groups is 1. The fourth-order valence-electron chi connectivity index (χ4n) is 5.24. The third-order valence-electron chi connectivity index (χ3n) is 7.36. The number of esters is 2. The van der Waals surface area contributed by atoms with E-state index in [1.54, 1.807) is 53.3 Å². The van der Waals surface area contributed by atoms with Crippen molar-refractivity contribution in [2.75, 3.05) is 12.3 Å². The topological polar surface area (TPSA) is 137 Å². The molecule has 2 atom stereocenters. The number of hydrogen-bond donors (Lipinski definition) is 3. The minimum absolute atomic E-state index is 0.0400. The number of rotatable bonds is 16. The molecule has 0 spiro atoms. The molecule has 4 N–H and O–H groups in total. The van der Waals surface area contributed by atoms with Gasteiger partial charge in [-0.2, -0.15) is 0 Å². The molecule has 0 saturated heterocycles. The summed E-state index contributed by atoms with van der Waals surface area (Å²) in [4.78, 5) is 51.3. The molecule has 0 radical (unpaired) electrons. The molecule has 0 bridgehead atoms. The molecule has 3 aromatic rings. The number of hydrogen-bond acceptors (Lipinski definition) is 8. The average Bonchev–Trinajstić information content (AvgIpc) is 3.05. The molecule has 0 aromatic heterocycles. The van der Waals surface area contributed by atoms with Crippen molar-refractivity contribution in [3.63, 3.8) is 0 Å². The summed E-state index contributed by atoms with van der Waals surface area (Å²) in [5.41, 5.74) is 7.90. The first kappa shape index (κ1) is 39.3. The molecular formula is C39H51N3O6S. The van der Waals surface area contributed by atoms with E-state index < -0.39 is 51.8 Å². The summed E-state index contributed by atoms with van der Waals surface area (Å²) in [6, 6.07) is 28.8. The number of ether oxygens (including phenoxy) is 2. The van der Waals surface area contributed by atoms with E-state index in [9.17, 15) is 19.2 Å². The Hall–Kier alpha value is -4.15. The van der Waals surface area contributed by atoms with E-state index in [0.717, 1.165) is 16.7 Å². The lowest BCUT2D eigenvalue weighted by molar-refractivity contribution is -0.157. The van der Waals surface area contributed by atoms with E-state index in [0.29, 0.717) is 12.3 Å². The quantitative estimate of drug-likeness (QED) is 0.0964. The molecule has 0 heterocycles. The van der Waals surface area contributed by atoms with Gasteiger partial charge >= 0.3 is 11.9 Å². The Morgan fingerprint density at radius 1 is 0.694 bits per heavy atom. The van der Waals surface area contributed by atoms with Gasteiger partial charge in [0.05, 0.1) is 4.75 Å². The van der Waals surface area contributed by atoms with Crippen LogP contribution in [0.2, 0.25) is 0 Å². The molecule has 0 fully saturated rings. The Morgan fingerprint density at radius 2 is 1.16 bits per heavy atom. The average molecular weight is 690 g/mol. The molecule has 0 unspecified atom stereocenters. The van der Waals surface area contributed by atoms with E-state index in [2.05, 4.69) is 47.0 Å². The first-order chi connectivity index (χ1) is 23.1. The molecule has 0 aliphatic rings. The monoisotopic (exact) mass is 689 g/mol. The van der Waals surface area contributed by atoms with Gasteiger partial charge in [0.1, 0.15) is 23.3 Å². The van der Waals surface area contributed by atoms with Gasteiger partial charge < -0.3 is 25.8 Å². The summed E-state index contributed by atoms with van der Waals surface area (Å²) in [5, 5.41) is 5.71. The zero-order chi connectivity index (χ0) is 36.1. The lowest BCUT2D eigenvalue weighted by atomic mass is 9.84. The molecule has 9 nitrogen and oxygen atoms in total. The molecule has 2 amide bonds. The van der Waals surface area contributed by atoms with Gasteiger partial charge in [0.15, 0.2) is 0 Å². The zero-order valence-corrected chi connectivity index (χ0v) is 30.3. The molecular weight excluding hydrogens is 639 g/mol. The van der Waals surface area contributed by atoms with Crippen molar-refractivity contribution in [3.05, 3.63) is 108 Å². The van der Waals surface area contributed by atoms with Crippen molar-refractivity contribution in [2.24, 2.45) is 5.73 Å². The van der Waals surface area contributed by atoms with Crippen LogP contribution in [0.4, 0.5) is 0 Å². The van der Waals surface area contributed by atoms with E-state index in [1.165, 1.54) is 0 Å². The molecule has 49 heavy (non-hydrogen) atoms. The van der Waals surface area contributed by atoms with E-state index in [-0.39, 0.29) is 25.7 Å². The minimum Gasteiger partial charge on any atom is -0.460 e. The highest BCUT2D eigenvalue weighted by molar-refractivity contribution is 8.00. The standard InChI is InChI=1S/C39H51N3O6S/c1-37(2,3)47-34(44)25-23-32(42-33(43)24-22-31(40)36(46)48-38(4,5)6)35(45)41-26-27-49-39(28-16-10-7-11-17-28,29-18-12-8-13-19-29)30-20-14-9-15-21-30/h7-21,31-32H,22-27,40H2,1-6H3,(H,41,45)(H,42,43)/t31-,32-/m0/s1. The maximum atomic E-state index is 13.5. The van der Waals surface area contributed by atoms with Gasteiger partial charge in [0.25, 0.3) is 0 Å². The number of nitrogens with one attached hydrogen (secondary N) is 2. The van der Waals surface area contributed by atoms with Crippen molar-refractivity contribution in [2.45, 2.75) is 95.3 Å². The fraction of sp³-hybridized carbons (Fsp3) is 0.436. The van der Waals surface area contributed by atoms with Crippen LogP contribution in [0, 0.1) is 0 Å². The molecule has 3 rings (SSSR count). The predicted octanol–water partition coefficient (Wildman–Crippen LogP) is 5.88. The van der Waals surface area contributed by atoms with Crippen LogP contribution in [0.1, 0.15) is 83.9 Å². The Morgan fingerprint density at radius 3 is 1.61 bits per heavy atom. The number of amides is 2. The largest absolute Gasteiger partial charge is 0.460 e. The Bertz CT molecular complexity index is 1410. The Balaban J connectivity index is 1.73. The van der Waals surface area contributed by atoms with Gasteiger partial charge in [-0.1, -0.05) is 91.0 Å². The summed E-state index contributed by atoms with van der Waals surface area (Å²) in [6.45, 7) is 10.8. The second kappa shape index (κ2) is 18.0. The van der Waals surface area contributed by atoms with Crippen molar-refractivity contribution in [1.29, 1.82) is 0 Å². The third-order valence-corrected chi connectivity index (χ3v) is 8.91. The van der Waals surface area contributed by atoms with Crippen LogP contribution in [-0.2, 0) is 33.4 Å². The van der Waals surface area contributed by atoms with Crippen LogP contribution in [0.3, 0.4) is 0 Å². The molecule has 0 aliphatic carbocycles. The van der Waals surface area contributed by atoms with Gasteiger partial charge in [-0.3, -0.25) is 19.2 Å². The van der Waals surface area contributed by atoms with Crippen molar-refractivity contribution in [3.8, 4) is 0 Å². The van der Waals surface area contributed by atoms with Crippen molar-refractivity contribution >= 4 is 35.5 Å². The molecule has 0 saturated carbocycles. The van der Waals surface area contributed by atoms with Crippen LogP contribution in [-0.4, -0.2) is 59.3 Å². The highest BCUT2D eigenvalue weighted by atomic mass is 32.2. The molecule has 3 aromatic carbocycles. The van der Waals surface area contributed by atoms with Gasteiger partial charge in [0, 0.05) is 25.1 Å². The first-order valence-corrected chi connectivity index (χ1v) is 17.7. The van der Waals surface area contributed by atoms with Crippen LogP contribution in [0.15, 0.2) is 91.0 Å². The summed E-state index contributed by atoms with van der Waals surface area (Å²) in [5.74, 6) is -1.41. The highest BCUT2D eigenvalue weighted by Gasteiger charge is 2.37. The summed E-state index contributed by atoms with van der Waals surface area (Å²) < 4.78 is 10.2. The number of nitrogens with two attached hydrogens (primary N) is 1. The SMILES string of the molecule is CC(C)(C)OC(=O)CC[C@H](NC(=O)CC[C@H](N)C(=O)OC(C)(C)C)C(=O)NCCSC(c1ccccc1)(c1ccccc1)c1ccccc1. The second-order valence-corrected chi connectivity index (χ2v) is 15.2. The maximum absolute atomic E-state index is 13.5. The first-order valence-electron chi connectivity index (χ1n) is 16.7. The Kier molecular flexibility index (Phi) is 14.4. The second-order valence-electron chi connectivity index (χ2n) is 13.8.